The van der Waals surface area contributed by atoms with Crippen molar-refractivity contribution in [1.82, 2.24) is 24.1 Å². The lowest BCUT2D eigenvalue weighted by molar-refractivity contribution is -0.121. The van der Waals surface area contributed by atoms with Crippen molar-refractivity contribution in [3.8, 4) is 0 Å². The predicted molar refractivity (Wildman–Crippen MR) is 121 cm³/mol. The van der Waals surface area contributed by atoms with Crippen molar-refractivity contribution < 1.29 is 17.9 Å². The summed E-state index contributed by atoms with van der Waals surface area (Å²) in [7, 11) is -3.87. The number of nitrogens with one attached hydrogen (secondary N) is 1. The summed E-state index contributed by atoms with van der Waals surface area (Å²) in [5.74, 6) is -0.291. The summed E-state index contributed by atoms with van der Waals surface area (Å²) in [5, 5.41) is 2.97. The maximum atomic E-state index is 13.3. The van der Waals surface area contributed by atoms with Crippen molar-refractivity contribution in [3.05, 3.63) is 21.6 Å². The van der Waals surface area contributed by atoms with Crippen LogP contribution in [-0.2, 0) is 26.1 Å². The largest absolute Gasteiger partial charge is 0.379 e. The van der Waals surface area contributed by atoms with Crippen molar-refractivity contribution in [2.24, 2.45) is 0 Å². The number of aryl methyl sites for hydroxylation is 1. The molecule has 4 heterocycles. The summed E-state index contributed by atoms with van der Waals surface area (Å²) in [6, 6.07) is 0.311. The van der Waals surface area contributed by atoms with Gasteiger partial charge in [-0.15, -0.1) is 11.3 Å². The molecule has 0 aliphatic carbocycles. The Morgan fingerprint density at radius 1 is 1.31 bits per heavy atom. The zero-order chi connectivity index (χ0) is 22.9. The van der Waals surface area contributed by atoms with Gasteiger partial charge in [-0.3, -0.25) is 19.1 Å². The van der Waals surface area contributed by atoms with Gasteiger partial charge in [-0.05, 0) is 32.9 Å². The topological polar surface area (TPSA) is 114 Å². The number of aromatic nitrogens is 2. The van der Waals surface area contributed by atoms with E-state index in [0.717, 1.165) is 25.9 Å². The summed E-state index contributed by atoms with van der Waals surface area (Å²) in [5.41, 5.74) is -0.516. The van der Waals surface area contributed by atoms with Crippen LogP contribution in [0.25, 0.3) is 10.2 Å². The molecule has 176 valence electrons. The molecule has 4 rings (SSSR count). The summed E-state index contributed by atoms with van der Waals surface area (Å²) in [6.45, 7) is 7.21. The van der Waals surface area contributed by atoms with E-state index >= 15 is 0 Å². The van der Waals surface area contributed by atoms with E-state index in [0.29, 0.717) is 35.5 Å². The monoisotopic (exact) mass is 483 g/mol. The van der Waals surface area contributed by atoms with Gasteiger partial charge in [-0.2, -0.15) is 4.31 Å². The first-order valence-electron chi connectivity index (χ1n) is 10.9. The van der Waals surface area contributed by atoms with Gasteiger partial charge in [0.15, 0.2) is 0 Å². The Morgan fingerprint density at radius 2 is 2.06 bits per heavy atom. The standard InChI is InChI=1S/C20H29N5O5S2/c1-3-23-6-4-5-15(23)11-21-16(26)12-24-13-22-19-17(20(24)27)18(14(2)31-19)32(28,29)25-7-9-30-10-8-25/h13,15H,3-12H2,1-2H3,(H,21,26). The van der Waals surface area contributed by atoms with Gasteiger partial charge in [-0.25, -0.2) is 13.4 Å². The average molecular weight is 484 g/mol. The highest BCUT2D eigenvalue weighted by Crippen LogP contribution is 2.33. The minimum atomic E-state index is -3.87. The molecule has 0 radical (unpaired) electrons. The SMILES string of the molecule is CCN1CCCC1CNC(=O)Cn1cnc2sc(C)c(S(=O)(=O)N3CCOCC3)c2c1=O. The molecule has 2 aromatic rings. The van der Waals surface area contributed by atoms with E-state index in [2.05, 4.69) is 22.1 Å². The molecule has 32 heavy (non-hydrogen) atoms. The van der Waals surface area contributed by atoms with E-state index < -0.39 is 15.6 Å². The maximum Gasteiger partial charge on any atom is 0.263 e. The van der Waals surface area contributed by atoms with E-state index in [1.165, 1.54) is 26.5 Å². The lowest BCUT2D eigenvalue weighted by Crippen LogP contribution is -2.42. The smallest absolute Gasteiger partial charge is 0.263 e. The summed E-state index contributed by atoms with van der Waals surface area (Å²) in [4.78, 5) is 33.2. The number of fused-ring (bicyclic) bond motifs is 1. The molecule has 1 amide bonds. The van der Waals surface area contributed by atoms with Gasteiger partial charge < -0.3 is 10.1 Å². The normalized spacial score (nSPS) is 20.8. The van der Waals surface area contributed by atoms with Gasteiger partial charge in [0, 0.05) is 30.6 Å². The summed E-state index contributed by atoms with van der Waals surface area (Å²) in [6.07, 6.45) is 3.48. The van der Waals surface area contributed by atoms with Crippen molar-refractivity contribution in [2.75, 3.05) is 45.9 Å². The zero-order valence-corrected chi connectivity index (χ0v) is 20.0. The first-order valence-corrected chi connectivity index (χ1v) is 13.2. The Hall–Kier alpha value is -1.86. The third kappa shape index (κ3) is 4.46. The fraction of sp³-hybridized carbons (Fsp3) is 0.650. The molecule has 0 bridgehead atoms. The number of nitrogens with zero attached hydrogens (tertiary/aromatic N) is 4. The van der Waals surface area contributed by atoms with E-state index in [-0.39, 0.29) is 35.8 Å². The number of carbonyl (C=O) groups is 1. The van der Waals surface area contributed by atoms with Gasteiger partial charge in [0.25, 0.3) is 5.56 Å². The molecular weight excluding hydrogens is 454 g/mol. The second kappa shape index (κ2) is 9.56. The van der Waals surface area contributed by atoms with Crippen molar-refractivity contribution in [1.29, 1.82) is 0 Å². The van der Waals surface area contributed by atoms with Crippen LogP contribution in [0.5, 0.6) is 0 Å². The van der Waals surface area contributed by atoms with Crippen LogP contribution < -0.4 is 10.9 Å². The third-order valence-electron chi connectivity index (χ3n) is 6.12. The van der Waals surface area contributed by atoms with Gasteiger partial charge in [0.2, 0.25) is 15.9 Å². The molecule has 0 spiro atoms. The van der Waals surface area contributed by atoms with Crippen LogP contribution in [0.2, 0.25) is 0 Å². The number of amides is 1. The molecule has 12 heteroatoms. The van der Waals surface area contributed by atoms with Gasteiger partial charge >= 0.3 is 0 Å². The minimum Gasteiger partial charge on any atom is -0.379 e. The molecule has 2 aliphatic rings. The van der Waals surface area contributed by atoms with Crippen molar-refractivity contribution >= 4 is 37.5 Å². The first kappa shape index (κ1) is 23.3. The molecule has 0 saturated carbocycles. The molecule has 2 aliphatic heterocycles. The number of likely N-dealkylation sites (tertiary alicyclic amines) is 1. The molecule has 10 nitrogen and oxygen atoms in total. The molecule has 1 unspecified atom stereocenters. The highest BCUT2D eigenvalue weighted by molar-refractivity contribution is 7.89. The van der Waals surface area contributed by atoms with Crippen LogP contribution in [0.4, 0.5) is 0 Å². The maximum absolute atomic E-state index is 13.3. The van der Waals surface area contributed by atoms with E-state index in [1.807, 2.05) is 0 Å². The number of sulfonamides is 1. The average Bonchev–Trinajstić information content (AvgIpc) is 3.38. The molecule has 2 aromatic heterocycles. The Labute approximate surface area is 191 Å². The molecule has 2 saturated heterocycles. The highest BCUT2D eigenvalue weighted by atomic mass is 32.2. The van der Waals surface area contributed by atoms with Crippen LogP contribution in [0, 0.1) is 6.92 Å². The molecule has 2 fully saturated rings. The van der Waals surface area contributed by atoms with E-state index in [9.17, 15) is 18.0 Å². The molecule has 0 aromatic carbocycles. The fourth-order valence-corrected chi connectivity index (χ4v) is 7.51. The van der Waals surface area contributed by atoms with Gasteiger partial charge in [-0.1, -0.05) is 6.92 Å². The second-order valence-corrected chi connectivity index (χ2v) is 11.2. The Morgan fingerprint density at radius 3 is 2.78 bits per heavy atom. The fourth-order valence-electron chi connectivity index (χ4n) is 4.44. The summed E-state index contributed by atoms with van der Waals surface area (Å²) >= 11 is 1.17. The van der Waals surface area contributed by atoms with Crippen LogP contribution >= 0.6 is 11.3 Å². The number of likely N-dealkylation sites (N-methyl/N-ethyl adjacent to an activating group) is 1. The zero-order valence-electron chi connectivity index (χ0n) is 18.4. The van der Waals surface area contributed by atoms with Gasteiger partial charge in [0.05, 0.1) is 24.9 Å². The summed E-state index contributed by atoms with van der Waals surface area (Å²) < 4.78 is 34.4. The minimum absolute atomic E-state index is 0.00352. The lowest BCUT2D eigenvalue weighted by Gasteiger charge is -2.26. The second-order valence-electron chi connectivity index (χ2n) is 8.09. The van der Waals surface area contributed by atoms with E-state index in [1.54, 1.807) is 6.92 Å². The number of ether oxygens (including phenoxy) is 1. The van der Waals surface area contributed by atoms with Crippen LogP contribution in [0.15, 0.2) is 16.0 Å². The molecule has 1 atom stereocenters. The Bertz CT molecular complexity index is 1150. The molecule has 1 N–H and O–H groups in total. The van der Waals surface area contributed by atoms with Crippen molar-refractivity contribution in [3.63, 3.8) is 0 Å². The van der Waals surface area contributed by atoms with E-state index in [4.69, 9.17) is 4.74 Å². The number of rotatable bonds is 7. The Balaban J connectivity index is 1.58. The number of hydrogen-bond donors (Lipinski definition) is 1. The lowest BCUT2D eigenvalue weighted by atomic mass is 10.2. The Kier molecular flexibility index (Phi) is 6.96. The number of morpholine rings is 1. The van der Waals surface area contributed by atoms with Crippen LogP contribution in [0.3, 0.4) is 0 Å². The first-order chi connectivity index (χ1) is 15.3. The van der Waals surface area contributed by atoms with Crippen LogP contribution in [0.1, 0.15) is 24.6 Å². The van der Waals surface area contributed by atoms with Gasteiger partial charge in [0.1, 0.15) is 16.3 Å². The quantitative estimate of drug-likeness (QED) is 0.606. The number of thiophene rings is 1. The predicted octanol–water partition coefficient (Wildman–Crippen LogP) is 0.388. The van der Waals surface area contributed by atoms with Crippen LogP contribution in [-0.4, -0.2) is 85.1 Å². The molecular formula is C20H29N5O5S2. The number of carbonyl (C=O) groups excluding carboxylic acids is 1. The highest BCUT2D eigenvalue weighted by Gasteiger charge is 2.33. The number of hydrogen-bond acceptors (Lipinski definition) is 8. The van der Waals surface area contributed by atoms with Crippen molar-refractivity contribution in [2.45, 2.75) is 44.2 Å². The third-order valence-corrected chi connectivity index (χ3v) is 9.34.